The van der Waals surface area contributed by atoms with Gasteiger partial charge in [0.1, 0.15) is 0 Å². The van der Waals surface area contributed by atoms with E-state index in [4.69, 9.17) is 0 Å². The molecule has 5 amide bonds. The van der Waals surface area contributed by atoms with Crippen LogP contribution in [0.1, 0.15) is 0 Å². The van der Waals surface area contributed by atoms with Crippen LogP contribution >= 0.6 is 0 Å². The second-order valence-corrected chi connectivity index (χ2v) is 3.82. The largest absolute Gasteiger partial charge is 0.336 e. The Kier molecular flexibility index (Phi) is 3.91. The second-order valence-electron chi connectivity index (χ2n) is 3.82. The summed E-state index contributed by atoms with van der Waals surface area (Å²) in [5.74, 6) is -0.290. The maximum atomic E-state index is 11.5. The van der Waals surface area contributed by atoms with Crippen LogP contribution in [0, 0.1) is 0 Å². The molecule has 8 heteroatoms. The van der Waals surface area contributed by atoms with E-state index < -0.39 is 12.1 Å². The van der Waals surface area contributed by atoms with Gasteiger partial charge in [0.05, 0.1) is 6.54 Å². The summed E-state index contributed by atoms with van der Waals surface area (Å²) < 4.78 is 0. The molecule has 100 valence electrons. The monoisotopic (exact) mass is 263 g/mol. The Morgan fingerprint density at radius 2 is 2.11 bits per heavy atom. The van der Waals surface area contributed by atoms with Crippen molar-refractivity contribution < 1.29 is 14.4 Å². The van der Waals surface area contributed by atoms with E-state index in [1.165, 1.54) is 0 Å². The van der Waals surface area contributed by atoms with Gasteiger partial charge in [-0.05, 0) is 12.1 Å². The topological polar surface area (TPSA) is 103 Å². The van der Waals surface area contributed by atoms with Gasteiger partial charge in [-0.3, -0.25) is 14.7 Å². The summed E-state index contributed by atoms with van der Waals surface area (Å²) in [6, 6.07) is 2.47. The summed E-state index contributed by atoms with van der Waals surface area (Å²) >= 11 is 0. The Morgan fingerprint density at radius 3 is 2.74 bits per heavy atom. The Bertz CT molecular complexity index is 474. The average Bonchev–Trinajstić information content (AvgIpc) is 2.71. The van der Waals surface area contributed by atoms with Crippen LogP contribution in [0.25, 0.3) is 0 Å². The quantitative estimate of drug-likeness (QED) is 0.652. The molecule has 0 aromatic carbocycles. The smallest absolute Gasteiger partial charge is 0.324 e. The summed E-state index contributed by atoms with van der Waals surface area (Å²) in [6.07, 6.45) is 3.12. The third-order valence-corrected chi connectivity index (χ3v) is 2.50. The van der Waals surface area contributed by atoms with Crippen molar-refractivity contribution in [1.29, 1.82) is 0 Å². The summed E-state index contributed by atoms with van der Waals surface area (Å²) in [5.41, 5.74) is 0.613. The Balaban J connectivity index is 1.72. The molecule has 2 rings (SSSR count). The van der Waals surface area contributed by atoms with E-state index in [9.17, 15) is 14.4 Å². The number of amides is 5. The molecule has 0 aliphatic carbocycles. The highest BCUT2D eigenvalue weighted by Crippen LogP contribution is 2.02. The number of hydrogen-bond acceptors (Lipinski definition) is 4. The fourth-order valence-electron chi connectivity index (χ4n) is 1.57. The normalized spacial score (nSPS) is 14.2. The Morgan fingerprint density at radius 1 is 1.37 bits per heavy atom. The van der Waals surface area contributed by atoms with Crippen molar-refractivity contribution in [2.75, 3.05) is 25.0 Å². The molecule has 0 atom stereocenters. The molecule has 1 aromatic heterocycles. The lowest BCUT2D eigenvalue weighted by Crippen LogP contribution is -2.39. The lowest BCUT2D eigenvalue weighted by Gasteiger charge is -2.13. The molecule has 19 heavy (non-hydrogen) atoms. The van der Waals surface area contributed by atoms with Crippen LogP contribution < -0.4 is 16.0 Å². The molecule has 3 N–H and O–H groups in total. The van der Waals surface area contributed by atoms with Crippen molar-refractivity contribution in [2.45, 2.75) is 0 Å². The zero-order valence-corrected chi connectivity index (χ0v) is 10.0. The van der Waals surface area contributed by atoms with E-state index in [0.717, 1.165) is 4.90 Å². The Labute approximate surface area is 109 Å². The predicted octanol–water partition coefficient (Wildman–Crippen LogP) is -0.245. The molecule has 1 aliphatic heterocycles. The highest BCUT2D eigenvalue weighted by Gasteiger charge is 2.27. The van der Waals surface area contributed by atoms with Gasteiger partial charge in [0.2, 0.25) is 5.91 Å². The van der Waals surface area contributed by atoms with Gasteiger partial charge in [-0.2, -0.15) is 0 Å². The van der Waals surface area contributed by atoms with Crippen LogP contribution in [-0.2, 0) is 4.79 Å². The van der Waals surface area contributed by atoms with Crippen molar-refractivity contribution in [1.82, 2.24) is 20.5 Å². The van der Waals surface area contributed by atoms with Gasteiger partial charge < -0.3 is 16.0 Å². The van der Waals surface area contributed by atoms with Crippen LogP contribution in [0.5, 0.6) is 0 Å². The lowest BCUT2D eigenvalue weighted by atomic mass is 10.4. The van der Waals surface area contributed by atoms with Gasteiger partial charge >= 0.3 is 12.1 Å². The van der Waals surface area contributed by atoms with Crippen molar-refractivity contribution in [3.8, 4) is 0 Å². The number of pyridine rings is 1. The number of nitrogens with zero attached hydrogens (tertiary/aromatic N) is 2. The molecule has 1 saturated heterocycles. The zero-order valence-electron chi connectivity index (χ0n) is 10.0. The Hall–Kier alpha value is -2.64. The SMILES string of the molecule is O=C(NCCN1C(=O)CNC1=O)Nc1ccncc1. The minimum absolute atomic E-state index is 0.0159. The van der Waals surface area contributed by atoms with Crippen LogP contribution in [0.15, 0.2) is 24.5 Å². The van der Waals surface area contributed by atoms with E-state index in [-0.39, 0.29) is 25.5 Å². The number of carbonyl (C=O) groups is 3. The van der Waals surface area contributed by atoms with E-state index in [1.807, 2.05) is 0 Å². The molecule has 0 radical (unpaired) electrons. The van der Waals surface area contributed by atoms with Crippen LogP contribution in [0.4, 0.5) is 15.3 Å². The lowest BCUT2D eigenvalue weighted by molar-refractivity contribution is -0.124. The van der Waals surface area contributed by atoms with E-state index >= 15 is 0 Å². The van der Waals surface area contributed by atoms with E-state index in [1.54, 1.807) is 24.5 Å². The summed E-state index contributed by atoms with van der Waals surface area (Å²) in [5, 5.41) is 7.55. The van der Waals surface area contributed by atoms with Gasteiger partial charge in [-0.1, -0.05) is 0 Å². The number of nitrogens with one attached hydrogen (secondary N) is 3. The zero-order chi connectivity index (χ0) is 13.7. The second kappa shape index (κ2) is 5.80. The summed E-state index contributed by atoms with van der Waals surface area (Å²) in [4.78, 5) is 38.9. The highest BCUT2D eigenvalue weighted by molar-refractivity contribution is 6.02. The number of urea groups is 2. The van der Waals surface area contributed by atoms with Crippen molar-refractivity contribution in [3.63, 3.8) is 0 Å². The van der Waals surface area contributed by atoms with Gasteiger partial charge in [-0.25, -0.2) is 9.59 Å². The van der Waals surface area contributed by atoms with Crippen LogP contribution in [-0.4, -0.2) is 47.5 Å². The number of rotatable bonds is 4. The molecule has 8 nitrogen and oxygen atoms in total. The van der Waals surface area contributed by atoms with Gasteiger partial charge in [0.15, 0.2) is 0 Å². The van der Waals surface area contributed by atoms with Gasteiger partial charge in [0.25, 0.3) is 0 Å². The molecule has 0 unspecified atom stereocenters. The fourth-order valence-corrected chi connectivity index (χ4v) is 1.57. The first kappa shape index (κ1) is 12.8. The standard InChI is InChI=1S/C11H13N5O3/c17-9-7-14-11(19)16(9)6-5-13-10(18)15-8-1-3-12-4-2-8/h1-4H,5-7H2,(H,14,19)(H2,12,13,15,18). The fraction of sp³-hybridized carbons (Fsp3) is 0.273. The number of anilines is 1. The molecular weight excluding hydrogens is 250 g/mol. The minimum atomic E-state index is -0.429. The first-order valence-electron chi connectivity index (χ1n) is 5.70. The van der Waals surface area contributed by atoms with Crippen LogP contribution in [0.2, 0.25) is 0 Å². The van der Waals surface area contributed by atoms with Gasteiger partial charge in [0, 0.05) is 31.2 Å². The number of carbonyl (C=O) groups excluding carboxylic acids is 3. The predicted molar refractivity (Wildman–Crippen MR) is 66.4 cm³/mol. The van der Waals surface area contributed by atoms with Crippen molar-refractivity contribution in [3.05, 3.63) is 24.5 Å². The number of imide groups is 1. The maximum absolute atomic E-state index is 11.5. The minimum Gasteiger partial charge on any atom is -0.336 e. The van der Waals surface area contributed by atoms with Gasteiger partial charge in [-0.15, -0.1) is 0 Å². The number of hydrogen-bond donors (Lipinski definition) is 3. The molecule has 1 fully saturated rings. The third kappa shape index (κ3) is 3.41. The maximum Gasteiger partial charge on any atom is 0.324 e. The third-order valence-electron chi connectivity index (χ3n) is 2.50. The highest BCUT2D eigenvalue weighted by atomic mass is 16.2. The molecule has 0 saturated carbocycles. The molecule has 0 bridgehead atoms. The van der Waals surface area contributed by atoms with Crippen molar-refractivity contribution >= 4 is 23.7 Å². The first-order valence-corrected chi connectivity index (χ1v) is 5.70. The van der Waals surface area contributed by atoms with Crippen LogP contribution in [0.3, 0.4) is 0 Å². The van der Waals surface area contributed by atoms with E-state index in [2.05, 4.69) is 20.9 Å². The first-order chi connectivity index (χ1) is 9.16. The van der Waals surface area contributed by atoms with Crippen molar-refractivity contribution in [2.24, 2.45) is 0 Å². The molecular formula is C11H13N5O3. The van der Waals surface area contributed by atoms with E-state index in [0.29, 0.717) is 5.69 Å². The number of aromatic nitrogens is 1. The molecule has 0 spiro atoms. The average molecular weight is 263 g/mol. The summed E-state index contributed by atoms with van der Waals surface area (Å²) in [6.45, 7) is 0.354. The molecule has 1 aromatic rings. The molecule has 2 heterocycles. The summed E-state index contributed by atoms with van der Waals surface area (Å²) in [7, 11) is 0. The molecule has 1 aliphatic rings.